The minimum atomic E-state index is -0.00859. The van der Waals surface area contributed by atoms with Gasteiger partial charge in [-0.25, -0.2) is 0 Å². The Hall–Kier alpha value is -1.82. The number of nitrogens with zero attached hydrogens (tertiary/aromatic N) is 1. The molecule has 78 valence electrons. The topological polar surface area (TPSA) is 42.0 Å². The number of carbonyl (C=O) groups is 1. The quantitative estimate of drug-likeness (QED) is 0.575. The zero-order valence-corrected chi connectivity index (χ0v) is 8.57. The van der Waals surface area contributed by atoms with Crippen LogP contribution >= 0.6 is 0 Å². The van der Waals surface area contributed by atoms with E-state index in [1.807, 2.05) is 18.2 Å². The average molecular weight is 202 g/mol. The van der Waals surface area contributed by atoms with Crippen LogP contribution in [0.4, 0.5) is 0 Å². The summed E-state index contributed by atoms with van der Waals surface area (Å²) in [7, 11) is 0. The highest BCUT2D eigenvalue weighted by molar-refractivity contribution is 5.77. The molecule has 0 unspecified atom stereocenters. The van der Waals surface area contributed by atoms with E-state index in [1.54, 1.807) is 6.20 Å². The lowest BCUT2D eigenvalue weighted by Crippen LogP contribution is -2.26. The van der Waals surface area contributed by atoms with Gasteiger partial charge in [0.05, 0.1) is 6.42 Å². The fourth-order valence-corrected chi connectivity index (χ4v) is 1.15. The summed E-state index contributed by atoms with van der Waals surface area (Å²) in [6, 6.07) is 5.53. The van der Waals surface area contributed by atoms with E-state index in [0.29, 0.717) is 19.4 Å². The van der Waals surface area contributed by atoms with Gasteiger partial charge >= 0.3 is 0 Å². The van der Waals surface area contributed by atoms with Gasteiger partial charge in [0.1, 0.15) is 0 Å². The summed E-state index contributed by atoms with van der Waals surface area (Å²) >= 11 is 0. The lowest BCUT2D eigenvalue weighted by Gasteiger charge is -2.02. The van der Waals surface area contributed by atoms with E-state index in [9.17, 15) is 4.79 Å². The van der Waals surface area contributed by atoms with E-state index in [0.717, 1.165) is 12.1 Å². The van der Waals surface area contributed by atoms with Crippen molar-refractivity contribution in [1.82, 2.24) is 10.3 Å². The summed E-state index contributed by atoms with van der Waals surface area (Å²) in [4.78, 5) is 15.4. The van der Waals surface area contributed by atoms with Crippen LogP contribution in [0.5, 0.6) is 0 Å². The van der Waals surface area contributed by atoms with Crippen LogP contribution in [-0.4, -0.2) is 17.4 Å². The van der Waals surface area contributed by atoms with E-state index in [4.69, 9.17) is 6.42 Å². The molecule has 0 aromatic carbocycles. The molecule has 0 aliphatic heterocycles. The van der Waals surface area contributed by atoms with Crippen molar-refractivity contribution in [1.29, 1.82) is 0 Å². The van der Waals surface area contributed by atoms with E-state index >= 15 is 0 Å². The van der Waals surface area contributed by atoms with Crippen molar-refractivity contribution in [3.63, 3.8) is 0 Å². The summed E-state index contributed by atoms with van der Waals surface area (Å²) < 4.78 is 0. The van der Waals surface area contributed by atoms with Gasteiger partial charge in [0.15, 0.2) is 0 Å². The first kappa shape index (κ1) is 11.3. The second-order valence-electron chi connectivity index (χ2n) is 3.16. The predicted molar refractivity (Wildman–Crippen MR) is 59.0 cm³/mol. The number of aromatic nitrogens is 1. The standard InChI is InChI=1S/C12H14N2O/c1-2-3-5-9-14-12(15)10-11-7-4-6-8-13-11/h1,4,6-8H,3,5,9-10H2,(H,14,15). The number of amides is 1. The van der Waals surface area contributed by atoms with Crippen LogP contribution < -0.4 is 5.32 Å². The van der Waals surface area contributed by atoms with E-state index < -0.39 is 0 Å². The molecule has 0 aliphatic carbocycles. The first-order valence-electron chi connectivity index (χ1n) is 4.93. The first-order valence-corrected chi connectivity index (χ1v) is 4.93. The molecule has 1 aromatic rings. The smallest absolute Gasteiger partial charge is 0.226 e. The third-order valence-electron chi connectivity index (χ3n) is 1.89. The fraction of sp³-hybridized carbons (Fsp3) is 0.333. The molecular weight excluding hydrogens is 188 g/mol. The molecule has 0 fully saturated rings. The van der Waals surface area contributed by atoms with Crippen molar-refractivity contribution in [2.75, 3.05) is 6.54 Å². The number of hydrogen-bond donors (Lipinski definition) is 1. The monoisotopic (exact) mass is 202 g/mol. The Morgan fingerprint density at radius 2 is 2.40 bits per heavy atom. The van der Waals surface area contributed by atoms with Gasteiger partial charge in [-0.2, -0.15) is 0 Å². The molecule has 1 rings (SSSR count). The Balaban J connectivity index is 2.22. The van der Waals surface area contributed by atoms with Crippen LogP contribution in [0.3, 0.4) is 0 Å². The zero-order chi connectivity index (χ0) is 10.9. The Labute approximate surface area is 89.9 Å². The third-order valence-corrected chi connectivity index (χ3v) is 1.89. The SMILES string of the molecule is C#CCCCNC(=O)Cc1ccccn1. The second kappa shape index (κ2) is 6.61. The van der Waals surface area contributed by atoms with E-state index in [2.05, 4.69) is 16.2 Å². The molecule has 0 saturated carbocycles. The normalized spacial score (nSPS) is 9.27. The number of terminal acetylenes is 1. The van der Waals surface area contributed by atoms with Gasteiger partial charge in [0.25, 0.3) is 0 Å². The Bertz CT molecular complexity index is 340. The molecule has 0 saturated heterocycles. The maximum absolute atomic E-state index is 11.4. The molecular formula is C12H14N2O. The van der Waals surface area contributed by atoms with Gasteiger partial charge in [-0.05, 0) is 18.6 Å². The minimum Gasteiger partial charge on any atom is -0.356 e. The molecule has 0 atom stereocenters. The lowest BCUT2D eigenvalue weighted by molar-refractivity contribution is -0.120. The van der Waals surface area contributed by atoms with Crippen molar-refractivity contribution < 1.29 is 4.79 Å². The van der Waals surface area contributed by atoms with Gasteiger partial charge in [0.2, 0.25) is 5.91 Å². The van der Waals surface area contributed by atoms with Crippen molar-refractivity contribution in [2.24, 2.45) is 0 Å². The lowest BCUT2D eigenvalue weighted by atomic mass is 10.2. The molecule has 0 radical (unpaired) electrons. The molecule has 0 spiro atoms. The van der Waals surface area contributed by atoms with Gasteiger partial charge < -0.3 is 5.32 Å². The Morgan fingerprint density at radius 3 is 3.07 bits per heavy atom. The maximum atomic E-state index is 11.4. The molecule has 3 heteroatoms. The fourth-order valence-electron chi connectivity index (χ4n) is 1.15. The average Bonchev–Trinajstić information content (AvgIpc) is 2.26. The number of nitrogens with one attached hydrogen (secondary N) is 1. The summed E-state index contributed by atoms with van der Waals surface area (Å²) in [6.07, 6.45) is 8.63. The molecule has 1 aromatic heterocycles. The number of hydrogen-bond acceptors (Lipinski definition) is 2. The highest BCUT2D eigenvalue weighted by Crippen LogP contribution is 1.94. The number of unbranched alkanes of at least 4 members (excludes halogenated alkanes) is 1. The summed E-state index contributed by atoms with van der Waals surface area (Å²) in [5.74, 6) is 2.52. The summed E-state index contributed by atoms with van der Waals surface area (Å²) in [5.41, 5.74) is 0.784. The first-order chi connectivity index (χ1) is 7.33. The summed E-state index contributed by atoms with van der Waals surface area (Å²) in [6.45, 7) is 0.635. The van der Waals surface area contributed by atoms with Crippen LogP contribution in [0.25, 0.3) is 0 Å². The van der Waals surface area contributed by atoms with Crippen LogP contribution in [-0.2, 0) is 11.2 Å². The minimum absolute atomic E-state index is 0.00859. The Kier molecular flexibility index (Phi) is 4.96. The molecule has 1 amide bonds. The largest absolute Gasteiger partial charge is 0.356 e. The van der Waals surface area contributed by atoms with Crippen LogP contribution in [0.2, 0.25) is 0 Å². The zero-order valence-electron chi connectivity index (χ0n) is 8.57. The Morgan fingerprint density at radius 1 is 1.53 bits per heavy atom. The molecule has 1 N–H and O–H groups in total. The number of pyridine rings is 1. The highest BCUT2D eigenvalue weighted by atomic mass is 16.1. The second-order valence-corrected chi connectivity index (χ2v) is 3.16. The maximum Gasteiger partial charge on any atom is 0.226 e. The third kappa shape index (κ3) is 4.82. The highest BCUT2D eigenvalue weighted by Gasteiger charge is 2.02. The van der Waals surface area contributed by atoms with Crippen molar-refractivity contribution >= 4 is 5.91 Å². The van der Waals surface area contributed by atoms with E-state index in [-0.39, 0.29) is 5.91 Å². The molecule has 0 bridgehead atoms. The van der Waals surface area contributed by atoms with Crippen LogP contribution in [0.15, 0.2) is 24.4 Å². The van der Waals surface area contributed by atoms with Crippen LogP contribution in [0.1, 0.15) is 18.5 Å². The van der Waals surface area contributed by atoms with Gasteiger partial charge in [0, 0.05) is 24.9 Å². The predicted octanol–water partition coefficient (Wildman–Crippen LogP) is 1.15. The number of rotatable bonds is 5. The van der Waals surface area contributed by atoms with Crippen molar-refractivity contribution in [2.45, 2.75) is 19.3 Å². The van der Waals surface area contributed by atoms with Gasteiger partial charge in [-0.15, -0.1) is 12.3 Å². The number of carbonyl (C=O) groups excluding carboxylic acids is 1. The molecule has 1 heterocycles. The van der Waals surface area contributed by atoms with E-state index in [1.165, 1.54) is 0 Å². The molecule has 15 heavy (non-hydrogen) atoms. The molecule has 0 aliphatic rings. The molecule has 3 nitrogen and oxygen atoms in total. The summed E-state index contributed by atoms with van der Waals surface area (Å²) in [5, 5.41) is 2.79. The van der Waals surface area contributed by atoms with Gasteiger partial charge in [-0.3, -0.25) is 9.78 Å². The van der Waals surface area contributed by atoms with Crippen LogP contribution in [0, 0.1) is 12.3 Å². The van der Waals surface area contributed by atoms with Crippen molar-refractivity contribution in [3.05, 3.63) is 30.1 Å². The van der Waals surface area contributed by atoms with Crippen molar-refractivity contribution in [3.8, 4) is 12.3 Å². The van der Waals surface area contributed by atoms with Gasteiger partial charge in [-0.1, -0.05) is 6.07 Å².